The van der Waals surface area contributed by atoms with E-state index in [9.17, 15) is 13.2 Å². The summed E-state index contributed by atoms with van der Waals surface area (Å²) < 4.78 is 45.1. The smallest absolute Gasteiger partial charge is 0.416 e. The van der Waals surface area contributed by atoms with Crippen molar-refractivity contribution >= 4 is 21.7 Å². The number of hydrogen-bond acceptors (Lipinski definition) is 3. The van der Waals surface area contributed by atoms with E-state index >= 15 is 0 Å². The second-order valence-corrected chi connectivity index (χ2v) is 6.93. The minimum Gasteiger partial charge on any atom is -0.490 e. The molecule has 1 aliphatic rings. The lowest BCUT2D eigenvalue weighted by atomic mass is 10.1. The van der Waals surface area contributed by atoms with Gasteiger partial charge in [-0.3, -0.25) is 0 Å². The van der Waals surface area contributed by atoms with Gasteiger partial charge in [-0.2, -0.15) is 13.2 Å². The van der Waals surface area contributed by atoms with Crippen molar-refractivity contribution in [3.63, 3.8) is 0 Å². The van der Waals surface area contributed by atoms with Crippen molar-refractivity contribution in [1.29, 1.82) is 0 Å². The third-order valence-electron chi connectivity index (χ3n) is 4.32. The average Bonchev–Trinajstić information content (AvgIpc) is 2.58. The summed E-state index contributed by atoms with van der Waals surface area (Å²) in [6.07, 6.45) is -1.20. The molecule has 1 saturated heterocycles. The van der Waals surface area contributed by atoms with Crippen molar-refractivity contribution in [3.05, 3.63) is 52.1 Å². The molecule has 0 radical (unpaired) electrons. The number of nitrogens with zero attached hydrogens (tertiary/aromatic N) is 2. The van der Waals surface area contributed by atoms with Gasteiger partial charge in [0.1, 0.15) is 17.7 Å². The zero-order valence-corrected chi connectivity index (χ0v) is 15.3. The number of hydrogen-bond donors (Lipinski definition) is 0. The van der Waals surface area contributed by atoms with Crippen LogP contribution in [0.2, 0.25) is 0 Å². The fraction of sp³-hybridized carbons (Fsp3) is 0.389. The molecular formula is C18H18BrF3N2O. The Balaban J connectivity index is 1.62. The van der Waals surface area contributed by atoms with Crippen LogP contribution in [0.5, 0.6) is 5.75 Å². The molecule has 1 aromatic heterocycles. The first kappa shape index (κ1) is 18.0. The number of aromatic nitrogens is 1. The first-order chi connectivity index (χ1) is 11.8. The second kappa shape index (κ2) is 7.23. The van der Waals surface area contributed by atoms with Gasteiger partial charge in [0.2, 0.25) is 0 Å². The number of benzene rings is 1. The summed E-state index contributed by atoms with van der Waals surface area (Å²) in [5, 5.41) is 0. The summed E-state index contributed by atoms with van der Waals surface area (Å²) in [7, 11) is 0. The van der Waals surface area contributed by atoms with E-state index < -0.39 is 11.7 Å². The van der Waals surface area contributed by atoms with E-state index in [-0.39, 0.29) is 11.9 Å². The summed E-state index contributed by atoms with van der Waals surface area (Å²) in [6.45, 7) is 3.53. The Hall–Kier alpha value is -1.76. The van der Waals surface area contributed by atoms with Gasteiger partial charge in [-0.05, 0) is 31.2 Å². The van der Waals surface area contributed by atoms with Crippen LogP contribution < -0.4 is 9.64 Å². The van der Waals surface area contributed by atoms with Crippen LogP contribution in [-0.2, 0) is 6.18 Å². The minimum absolute atomic E-state index is 0.0906. The van der Waals surface area contributed by atoms with E-state index in [1.54, 1.807) is 12.3 Å². The Kier molecular flexibility index (Phi) is 5.22. The number of rotatable bonds is 3. The van der Waals surface area contributed by atoms with Gasteiger partial charge in [0, 0.05) is 42.2 Å². The summed E-state index contributed by atoms with van der Waals surface area (Å²) in [5.41, 5.74) is 0.399. The van der Waals surface area contributed by atoms with E-state index in [0.717, 1.165) is 53.9 Å². The van der Waals surface area contributed by atoms with Crippen LogP contribution in [0.1, 0.15) is 24.0 Å². The van der Waals surface area contributed by atoms with Crippen molar-refractivity contribution < 1.29 is 17.9 Å². The second-order valence-electron chi connectivity index (χ2n) is 6.07. The zero-order chi connectivity index (χ0) is 18.0. The summed E-state index contributed by atoms with van der Waals surface area (Å²) in [5.74, 6) is 1.21. The fourth-order valence-corrected chi connectivity index (χ4v) is 3.24. The van der Waals surface area contributed by atoms with Crippen molar-refractivity contribution in [2.75, 3.05) is 18.0 Å². The molecule has 0 N–H and O–H groups in total. The van der Waals surface area contributed by atoms with Crippen molar-refractivity contribution in [3.8, 4) is 5.75 Å². The molecule has 3 rings (SSSR count). The molecule has 25 heavy (non-hydrogen) atoms. The van der Waals surface area contributed by atoms with Crippen LogP contribution in [0, 0.1) is 6.92 Å². The summed E-state index contributed by atoms with van der Waals surface area (Å²) in [4.78, 5) is 6.63. The Morgan fingerprint density at radius 3 is 2.60 bits per heavy atom. The lowest BCUT2D eigenvalue weighted by Gasteiger charge is -2.33. The van der Waals surface area contributed by atoms with Gasteiger partial charge in [-0.1, -0.05) is 22.0 Å². The highest BCUT2D eigenvalue weighted by molar-refractivity contribution is 9.10. The molecule has 0 amide bonds. The number of ether oxygens (including phenoxy) is 1. The fourth-order valence-electron chi connectivity index (χ4n) is 2.94. The van der Waals surface area contributed by atoms with Gasteiger partial charge >= 0.3 is 6.18 Å². The molecule has 0 spiro atoms. The van der Waals surface area contributed by atoms with Gasteiger partial charge < -0.3 is 9.64 Å². The quantitative estimate of drug-likeness (QED) is 0.688. The SMILES string of the molecule is Cc1c(Br)ccnc1N1CCC(Oc2cccc(C(F)(F)F)c2)CC1. The Morgan fingerprint density at radius 1 is 1.20 bits per heavy atom. The molecule has 0 unspecified atom stereocenters. The maximum Gasteiger partial charge on any atom is 0.416 e. The monoisotopic (exact) mass is 414 g/mol. The molecule has 0 bridgehead atoms. The lowest BCUT2D eigenvalue weighted by Crippen LogP contribution is -2.39. The van der Waals surface area contributed by atoms with Gasteiger partial charge in [0.15, 0.2) is 0 Å². The third-order valence-corrected chi connectivity index (χ3v) is 5.18. The molecule has 1 aromatic carbocycles. The van der Waals surface area contributed by atoms with Gasteiger partial charge in [-0.15, -0.1) is 0 Å². The molecule has 0 atom stereocenters. The van der Waals surface area contributed by atoms with Crippen LogP contribution >= 0.6 is 15.9 Å². The first-order valence-corrected chi connectivity index (χ1v) is 8.84. The van der Waals surface area contributed by atoms with Gasteiger partial charge in [-0.25, -0.2) is 4.98 Å². The standard InChI is InChI=1S/C18H18BrF3N2O/c1-12-16(19)5-8-23-17(12)24-9-6-14(7-10-24)25-15-4-2-3-13(11-15)18(20,21)22/h2-5,8,11,14H,6-7,9-10H2,1H3. The minimum atomic E-state index is -4.35. The van der Waals surface area contributed by atoms with Crippen molar-refractivity contribution in [2.24, 2.45) is 0 Å². The van der Waals surface area contributed by atoms with Gasteiger partial charge in [0.25, 0.3) is 0 Å². The van der Waals surface area contributed by atoms with E-state index in [2.05, 4.69) is 25.8 Å². The van der Waals surface area contributed by atoms with Crippen LogP contribution in [0.15, 0.2) is 41.0 Å². The Morgan fingerprint density at radius 2 is 1.92 bits per heavy atom. The van der Waals surface area contributed by atoms with E-state index in [4.69, 9.17) is 4.74 Å². The number of pyridine rings is 1. The van der Waals surface area contributed by atoms with Crippen molar-refractivity contribution in [1.82, 2.24) is 4.98 Å². The van der Waals surface area contributed by atoms with Gasteiger partial charge in [0.05, 0.1) is 5.56 Å². The maximum absolute atomic E-state index is 12.8. The van der Waals surface area contributed by atoms with Crippen LogP contribution in [0.25, 0.3) is 0 Å². The normalized spacial score (nSPS) is 16.1. The van der Waals surface area contributed by atoms with Crippen LogP contribution in [0.4, 0.5) is 19.0 Å². The number of anilines is 1. The molecule has 134 valence electrons. The van der Waals surface area contributed by atoms with Crippen LogP contribution in [0.3, 0.4) is 0 Å². The summed E-state index contributed by atoms with van der Waals surface area (Å²) in [6, 6.07) is 6.97. The predicted molar refractivity (Wildman–Crippen MR) is 94.0 cm³/mol. The number of halogens is 4. The molecule has 7 heteroatoms. The third kappa shape index (κ3) is 4.26. The first-order valence-electron chi connectivity index (χ1n) is 8.04. The Labute approximate surface area is 152 Å². The van der Waals surface area contributed by atoms with Crippen LogP contribution in [-0.4, -0.2) is 24.2 Å². The molecule has 2 aromatic rings. The van der Waals surface area contributed by atoms with Crippen molar-refractivity contribution in [2.45, 2.75) is 32.0 Å². The molecule has 1 aliphatic heterocycles. The molecule has 1 fully saturated rings. The van der Waals surface area contributed by atoms with E-state index in [1.807, 2.05) is 13.0 Å². The highest BCUT2D eigenvalue weighted by Gasteiger charge is 2.31. The Bertz CT molecular complexity index is 743. The zero-order valence-electron chi connectivity index (χ0n) is 13.7. The summed E-state index contributed by atoms with van der Waals surface area (Å²) >= 11 is 3.51. The van der Waals surface area contributed by atoms with E-state index in [0.29, 0.717) is 0 Å². The number of alkyl halides is 3. The molecule has 0 aliphatic carbocycles. The number of piperidine rings is 1. The maximum atomic E-state index is 12.8. The largest absolute Gasteiger partial charge is 0.490 e. The molecular weight excluding hydrogens is 397 g/mol. The predicted octanol–water partition coefficient (Wildman–Crippen LogP) is 5.22. The molecule has 3 nitrogen and oxygen atoms in total. The molecule has 0 saturated carbocycles. The van der Waals surface area contributed by atoms with E-state index in [1.165, 1.54) is 6.07 Å². The molecule has 2 heterocycles. The topological polar surface area (TPSA) is 25.4 Å². The lowest BCUT2D eigenvalue weighted by molar-refractivity contribution is -0.137. The average molecular weight is 415 g/mol. The highest BCUT2D eigenvalue weighted by atomic mass is 79.9. The highest BCUT2D eigenvalue weighted by Crippen LogP contribution is 2.32.